The Morgan fingerprint density at radius 3 is 1.16 bits per heavy atom. The zero-order valence-electron chi connectivity index (χ0n) is 28.7. The van der Waals surface area contributed by atoms with E-state index >= 15 is 0 Å². The Balaban J connectivity index is 1.42. The second-order valence-electron chi connectivity index (χ2n) is 12.9. The third-order valence-corrected chi connectivity index (χ3v) is 9.55. The molecule has 0 spiro atoms. The molecule has 50 heavy (non-hydrogen) atoms. The molecule has 8 aromatic carbocycles. The molecule has 0 atom stereocenters. The minimum absolute atomic E-state index is 0.832. The molecule has 4 nitrogen and oxygen atoms in total. The van der Waals surface area contributed by atoms with Crippen LogP contribution in [0.25, 0.3) is 32.3 Å². The van der Waals surface area contributed by atoms with Crippen molar-refractivity contribution in [2.24, 2.45) is 0 Å². The highest BCUT2D eigenvalue weighted by molar-refractivity contribution is 6.24. The summed E-state index contributed by atoms with van der Waals surface area (Å²) in [6, 6.07) is 61.7. The molecule has 244 valence electrons. The van der Waals surface area contributed by atoms with E-state index in [4.69, 9.17) is 0 Å². The van der Waals surface area contributed by atoms with Crippen LogP contribution in [0.15, 0.2) is 170 Å². The summed E-state index contributed by atoms with van der Waals surface area (Å²) in [6.07, 6.45) is 0. The third-order valence-electron chi connectivity index (χ3n) is 9.55. The van der Waals surface area contributed by atoms with E-state index in [-0.39, 0.29) is 0 Å². The fourth-order valence-electron chi connectivity index (χ4n) is 7.16. The lowest BCUT2D eigenvalue weighted by Crippen LogP contribution is -2.12. The standard InChI is InChI=1S/C46H40N4/c1-47-32-33-22-24-37(25-23-33)49(35-14-6-4-7-15-35)45-30-43-40-19-11-13-21-42(40)46(31-44(43)39-18-10-12-20-41(39)45)50(36-16-8-5-9-17-36)38-28-26-34(27-29-38)48(2)3/h4-31,47H,32H2,1-3H3. The molecule has 1 N–H and O–H groups in total. The summed E-state index contributed by atoms with van der Waals surface area (Å²) < 4.78 is 0. The summed E-state index contributed by atoms with van der Waals surface area (Å²) in [7, 11) is 6.15. The summed E-state index contributed by atoms with van der Waals surface area (Å²) in [5.41, 5.74) is 9.20. The molecule has 0 bridgehead atoms. The van der Waals surface area contributed by atoms with Crippen molar-refractivity contribution in [3.8, 4) is 0 Å². The molecule has 8 rings (SSSR count). The quantitative estimate of drug-likeness (QED) is 0.157. The van der Waals surface area contributed by atoms with E-state index in [9.17, 15) is 0 Å². The van der Waals surface area contributed by atoms with Gasteiger partial charge < -0.3 is 20.0 Å². The Hall–Kier alpha value is -6.10. The van der Waals surface area contributed by atoms with Gasteiger partial charge in [0, 0.05) is 59.8 Å². The molecule has 0 aliphatic heterocycles. The first-order valence-corrected chi connectivity index (χ1v) is 17.2. The highest BCUT2D eigenvalue weighted by Crippen LogP contribution is 2.47. The minimum atomic E-state index is 0.832. The van der Waals surface area contributed by atoms with E-state index < -0.39 is 0 Å². The molecule has 0 unspecified atom stereocenters. The predicted octanol–water partition coefficient (Wildman–Crippen LogP) is 11.9. The number of fused-ring (bicyclic) bond motifs is 5. The van der Waals surface area contributed by atoms with Crippen LogP contribution in [-0.4, -0.2) is 21.1 Å². The van der Waals surface area contributed by atoms with Crippen LogP contribution in [0.4, 0.5) is 39.8 Å². The molecule has 0 saturated heterocycles. The molecule has 0 saturated carbocycles. The van der Waals surface area contributed by atoms with Gasteiger partial charge in [0.25, 0.3) is 0 Å². The first-order valence-electron chi connectivity index (χ1n) is 17.2. The first-order chi connectivity index (χ1) is 24.6. The Labute approximate surface area is 294 Å². The predicted molar refractivity (Wildman–Crippen MR) is 215 cm³/mol. The molecule has 0 fully saturated rings. The van der Waals surface area contributed by atoms with Gasteiger partial charge in [0.05, 0.1) is 11.4 Å². The molecule has 0 aliphatic rings. The molecule has 0 heterocycles. The van der Waals surface area contributed by atoms with E-state index in [0.717, 1.165) is 40.7 Å². The van der Waals surface area contributed by atoms with Gasteiger partial charge in [-0.25, -0.2) is 0 Å². The van der Waals surface area contributed by atoms with Gasteiger partial charge >= 0.3 is 0 Å². The molecule has 0 aliphatic carbocycles. The van der Waals surface area contributed by atoms with Gasteiger partial charge in [0.2, 0.25) is 0 Å². The van der Waals surface area contributed by atoms with Crippen molar-refractivity contribution < 1.29 is 0 Å². The van der Waals surface area contributed by atoms with Gasteiger partial charge in [0.15, 0.2) is 0 Å². The van der Waals surface area contributed by atoms with Gasteiger partial charge in [-0.3, -0.25) is 0 Å². The topological polar surface area (TPSA) is 21.8 Å². The second-order valence-corrected chi connectivity index (χ2v) is 12.9. The first kappa shape index (κ1) is 31.2. The summed E-state index contributed by atoms with van der Waals surface area (Å²) >= 11 is 0. The summed E-state index contributed by atoms with van der Waals surface area (Å²) in [4.78, 5) is 6.93. The normalized spacial score (nSPS) is 11.3. The van der Waals surface area contributed by atoms with E-state index in [0.29, 0.717) is 0 Å². The fraction of sp³-hybridized carbons (Fsp3) is 0.0870. The van der Waals surface area contributed by atoms with Crippen molar-refractivity contribution >= 4 is 72.1 Å². The number of nitrogens with one attached hydrogen (secondary N) is 1. The SMILES string of the molecule is CNCc1ccc(N(c2ccccc2)c2cc3c4ccccc4c(N(c4ccccc4)c4ccc(N(C)C)cc4)cc3c3ccccc23)cc1. The number of hydrogen-bond donors (Lipinski definition) is 1. The third kappa shape index (κ3) is 5.70. The van der Waals surface area contributed by atoms with Crippen LogP contribution < -0.4 is 20.0 Å². The van der Waals surface area contributed by atoms with Crippen molar-refractivity contribution in [3.63, 3.8) is 0 Å². The van der Waals surface area contributed by atoms with Gasteiger partial charge in [0.1, 0.15) is 0 Å². The summed E-state index contributed by atoms with van der Waals surface area (Å²) in [6.45, 7) is 0.832. The molecule has 0 aromatic heterocycles. The monoisotopic (exact) mass is 648 g/mol. The maximum atomic E-state index is 3.28. The van der Waals surface area contributed by atoms with Crippen LogP contribution in [0.5, 0.6) is 0 Å². The van der Waals surface area contributed by atoms with Crippen molar-refractivity contribution in [1.29, 1.82) is 0 Å². The molecular weight excluding hydrogens is 609 g/mol. The van der Waals surface area contributed by atoms with Crippen molar-refractivity contribution in [2.45, 2.75) is 6.54 Å². The highest BCUT2D eigenvalue weighted by atomic mass is 15.2. The minimum Gasteiger partial charge on any atom is -0.378 e. The summed E-state index contributed by atoms with van der Waals surface area (Å²) in [5.74, 6) is 0. The van der Waals surface area contributed by atoms with Gasteiger partial charge in [-0.2, -0.15) is 0 Å². The van der Waals surface area contributed by atoms with E-state index in [1.54, 1.807) is 0 Å². The van der Waals surface area contributed by atoms with Gasteiger partial charge in [-0.15, -0.1) is 0 Å². The van der Waals surface area contributed by atoms with Crippen molar-refractivity contribution in [2.75, 3.05) is 35.8 Å². The number of nitrogens with zero attached hydrogens (tertiary/aromatic N) is 3. The van der Waals surface area contributed by atoms with E-state index in [1.807, 2.05) is 7.05 Å². The summed E-state index contributed by atoms with van der Waals surface area (Å²) in [5, 5.41) is 10.6. The molecule has 4 heteroatoms. The highest BCUT2D eigenvalue weighted by Gasteiger charge is 2.22. The van der Waals surface area contributed by atoms with Crippen molar-refractivity contribution in [1.82, 2.24) is 5.32 Å². The van der Waals surface area contributed by atoms with Crippen LogP contribution in [0, 0.1) is 0 Å². The lowest BCUT2D eigenvalue weighted by Gasteiger charge is -2.30. The number of hydrogen-bond acceptors (Lipinski definition) is 4. The largest absolute Gasteiger partial charge is 0.378 e. The maximum Gasteiger partial charge on any atom is 0.0546 e. The van der Waals surface area contributed by atoms with Crippen molar-refractivity contribution in [3.05, 3.63) is 175 Å². The molecular formula is C46H40N4. The lowest BCUT2D eigenvalue weighted by molar-refractivity contribution is 0.818. The molecule has 8 aromatic rings. The van der Waals surface area contributed by atoms with Crippen LogP contribution in [-0.2, 0) is 6.54 Å². The van der Waals surface area contributed by atoms with E-state index in [1.165, 1.54) is 43.6 Å². The number of anilines is 7. The molecule has 0 amide bonds. The Bertz CT molecular complexity index is 2400. The Kier molecular flexibility index (Phi) is 8.37. The average molecular weight is 649 g/mol. The molecule has 0 radical (unpaired) electrons. The van der Waals surface area contributed by atoms with Crippen LogP contribution in [0.3, 0.4) is 0 Å². The number of benzene rings is 8. The second kappa shape index (κ2) is 13.4. The fourth-order valence-corrected chi connectivity index (χ4v) is 7.16. The average Bonchev–Trinajstić information content (AvgIpc) is 3.17. The van der Waals surface area contributed by atoms with Gasteiger partial charge in [-0.05, 0) is 107 Å². The Morgan fingerprint density at radius 2 is 0.740 bits per heavy atom. The van der Waals surface area contributed by atoms with Crippen LogP contribution in [0.2, 0.25) is 0 Å². The van der Waals surface area contributed by atoms with E-state index in [2.05, 4.69) is 204 Å². The van der Waals surface area contributed by atoms with Crippen LogP contribution in [0.1, 0.15) is 5.56 Å². The Morgan fingerprint density at radius 1 is 0.380 bits per heavy atom. The number of rotatable bonds is 9. The van der Waals surface area contributed by atoms with Gasteiger partial charge in [-0.1, -0.05) is 97.1 Å². The number of para-hydroxylation sites is 2. The zero-order chi connectivity index (χ0) is 34.0. The van der Waals surface area contributed by atoms with Crippen LogP contribution >= 0.6 is 0 Å². The lowest BCUT2D eigenvalue weighted by atomic mass is 9.93. The maximum absolute atomic E-state index is 3.28. The smallest absolute Gasteiger partial charge is 0.0546 e. The zero-order valence-corrected chi connectivity index (χ0v) is 28.7.